The molecular weight excluding hydrogens is 288 g/mol. The van der Waals surface area contributed by atoms with Crippen molar-refractivity contribution < 1.29 is 14.3 Å². The average Bonchev–Trinajstić information content (AvgIpc) is 2.88. The Kier molecular flexibility index (Phi) is 5.12. The van der Waals surface area contributed by atoms with Crippen molar-refractivity contribution in [2.75, 3.05) is 29.6 Å². The lowest BCUT2D eigenvalue weighted by molar-refractivity contribution is -0.117. The van der Waals surface area contributed by atoms with Gasteiger partial charge in [0.2, 0.25) is 11.8 Å². The number of anilines is 2. The number of ether oxygens (including phenoxy) is 1. The number of rotatable bonds is 5. The molecule has 1 unspecified atom stereocenters. The van der Waals surface area contributed by atoms with Gasteiger partial charge in [0.15, 0.2) is 0 Å². The van der Waals surface area contributed by atoms with Crippen molar-refractivity contribution in [3.8, 4) is 5.75 Å². The highest BCUT2D eigenvalue weighted by Gasteiger charge is 2.31. The highest BCUT2D eigenvalue weighted by molar-refractivity contribution is 7.80. The number of hydrogen-bond acceptors (Lipinski definition) is 4. The van der Waals surface area contributed by atoms with Gasteiger partial charge in [-0.3, -0.25) is 9.59 Å². The van der Waals surface area contributed by atoms with E-state index in [0.29, 0.717) is 42.3 Å². The van der Waals surface area contributed by atoms with E-state index in [1.54, 1.807) is 37.1 Å². The van der Waals surface area contributed by atoms with Gasteiger partial charge < -0.3 is 15.0 Å². The van der Waals surface area contributed by atoms with Crippen molar-refractivity contribution in [2.24, 2.45) is 5.92 Å². The van der Waals surface area contributed by atoms with E-state index in [9.17, 15) is 9.59 Å². The van der Waals surface area contributed by atoms with Gasteiger partial charge in [0, 0.05) is 25.5 Å². The van der Waals surface area contributed by atoms with Gasteiger partial charge in [0.05, 0.1) is 18.5 Å². The molecular formula is C15H20N2O3S. The lowest BCUT2D eigenvalue weighted by Gasteiger charge is -2.21. The molecule has 0 bridgehead atoms. The fraction of sp³-hybridized carbons (Fsp3) is 0.467. The van der Waals surface area contributed by atoms with Crippen LogP contribution in [0.25, 0.3) is 0 Å². The molecule has 2 amide bonds. The van der Waals surface area contributed by atoms with Crippen molar-refractivity contribution in [1.29, 1.82) is 0 Å². The molecule has 2 rings (SSSR count). The summed E-state index contributed by atoms with van der Waals surface area (Å²) in [7, 11) is 1.58. The molecule has 0 aliphatic carbocycles. The quantitative estimate of drug-likeness (QED) is 0.821. The Morgan fingerprint density at radius 2 is 2.29 bits per heavy atom. The Balaban J connectivity index is 2.35. The number of amides is 2. The van der Waals surface area contributed by atoms with E-state index in [1.165, 1.54) is 0 Å². The van der Waals surface area contributed by atoms with Crippen LogP contribution in [0.3, 0.4) is 0 Å². The van der Waals surface area contributed by atoms with Crippen molar-refractivity contribution in [2.45, 2.75) is 19.8 Å². The minimum absolute atomic E-state index is 0.0503. The van der Waals surface area contributed by atoms with Gasteiger partial charge in [-0.1, -0.05) is 6.92 Å². The molecule has 1 aliphatic rings. The molecule has 0 spiro atoms. The first-order valence-corrected chi connectivity index (χ1v) is 7.61. The summed E-state index contributed by atoms with van der Waals surface area (Å²) >= 11 is 4.27. The average molecular weight is 308 g/mol. The van der Waals surface area contributed by atoms with E-state index in [-0.39, 0.29) is 17.7 Å². The zero-order valence-corrected chi connectivity index (χ0v) is 13.2. The van der Waals surface area contributed by atoms with Gasteiger partial charge in [-0.25, -0.2) is 0 Å². The third kappa shape index (κ3) is 3.50. The van der Waals surface area contributed by atoms with Crippen LogP contribution in [0.1, 0.15) is 19.8 Å². The molecule has 21 heavy (non-hydrogen) atoms. The number of nitrogens with one attached hydrogen (secondary N) is 1. The van der Waals surface area contributed by atoms with Crippen LogP contribution in [0.5, 0.6) is 5.75 Å². The van der Waals surface area contributed by atoms with Gasteiger partial charge in [-0.05, 0) is 23.8 Å². The van der Waals surface area contributed by atoms with Crippen molar-refractivity contribution in [3.05, 3.63) is 18.2 Å². The summed E-state index contributed by atoms with van der Waals surface area (Å²) in [4.78, 5) is 25.5. The first-order valence-electron chi connectivity index (χ1n) is 6.98. The summed E-state index contributed by atoms with van der Waals surface area (Å²) in [6, 6.07) is 5.32. The molecule has 1 saturated heterocycles. The number of benzene rings is 1. The topological polar surface area (TPSA) is 58.6 Å². The number of carbonyl (C=O) groups excluding carboxylic acids is 2. The zero-order chi connectivity index (χ0) is 15.4. The van der Waals surface area contributed by atoms with Crippen LogP contribution in [-0.4, -0.2) is 31.2 Å². The fourth-order valence-corrected chi connectivity index (χ4v) is 2.59. The lowest BCUT2D eigenvalue weighted by atomic mass is 10.1. The molecule has 0 radical (unpaired) electrons. The van der Waals surface area contributed by atoms with Crippen LogP contribution in [-0.2, 0) is 9.59 Å². The fourth-order valence-electron chi connectivity index (χ4n) is 2.34. The molecule has 114 valence electrons. The van der Waals surface area contributed by atoms with Gasteiger partial charge in [0.1, 0.15) is 5.75 Å². The normalized spacial score (nSPS) is 18.0. The van der Waals surface area contributed by atoms with Crippen LogP contribution in [0.15, 0.2) is 18.2 Å². The van der Waals surface area contributed by atoms with Gasteiger partial charge >= 0.3 is 0 Å². The maximum Gasteiger partial charge on any atom is 0.227 e. The highest BCUT2D eigenvalue weighted by Crippen LogP contribution is 2.34. The molecule has 0 saturated carbocycles. The number of nitrogens with zero attached hydrogens (tertiary/aromatic N) is 1. The molecule has 6 heteroatoms. The predicted octanol–water partition coefficient (Wildman–Crippen LogP) is 2.33. The Morgan fingerprint density at radius 1 is 1.52 bits per heavy atom. The van der Waals surface area contributed by atoms with E-state index in [2.05, 4.69) is 17.9 Å². The molecule has 1 atom stereocenters. The van der Waals surface area contributed by atoms with Crippen molar-refractivity contribution >= 4 is 35.8 Å². The number of thiol groups is 1. The second-order valence-electron chi connectivity index (χ2n) is 5.04. The standard InChI is InChI=1S/C15H20N2O3S/c1-3-14(18)16-12-5-4-11(20-2)7-13(12)17-8-10(9-21)6-15(17)19/h4-5,7,10,21H,3,6,8-9H2,1-2H3,(H,16,18). The summed E-state index contributed by atoms with van der Waals surface area (Å²) < 4.78 is 5.22. The second kappa shape index (κ2) is 6.85. The molecule has 1 aromatic carbocycles. The second-order valence-corrected chi connectivity index (χ2v) is 5.41. The first kappa shape index (κ1) is 15.7. The van der Waals surface area contributed by atoms with Gasteiger partial charge in [-0.15, -0.1) is 0 Å². The molecule has 0 aromatic heterocycles. The van der Waals surface area contributed by atoms with Crippen molar-refractivity contribution in [1.82, 2.24) is 0 Å². The minimum atomic E-state index is -0.0844. The van der Waals surface area contributed by atoms with Crippen LogP contribution in [0.2, 0.25) is 0 Å². The predicted molar refractivity (Wildman–Crippen MR) is 86.2 cm³/mol. The molecule has 1 fully saturated rings. The maximum absolute atomic E-state index is 12.2. The van der Waals surface area contributed by atoms with E-state index in [0.717, 1.165) is 0 Å². The van der Waals surface area contributed by atoms with Crippen LogP contribution >= 0.6 is 12.6 Å². The van der Waals surface area contributed by atoms with E-state index in [1.807, 2.05) is 0 Å². The maximum atomic E-state index is 12.2. The molecule has 1 aromatic rings. The smallest absolute Gasteiger partial charge is 0.227 e. The van der Waals surface area contributed by atoms with E-state index >= 15 is 0 Å². The van der Waals surface area contributed by atoms with Gasteiger partial charge in [0.25, 0.3) is 0 Å². The minimum Gasteiger partial charge on any atom is -0.497 e. The summed E-state index contributed by atoms with van der Waals surface area (Å²) in [5.74, 6) is 1.53. The number of carbonyl (C=O) groups is 2. The SMILES string of the molecule is CCC(=O)Nc1ccc(OC)cc1N1CC(CS)CC1=O. The Labute approximate surface area is 130 Å². The lowest BCUT2D eigenvalue weighted by Crippen LogP contribution is -2.26. The van der Waals surface area contributed by atoms with Crippen LogP contribution < -0.4 is 15.0 Å². The monoisotopic (exact) mass is 308 g/mol. The molecule has 1 aliphatic heterocycles. The van der Waals surface area contributed by atoms with Crippen LogP contribution in [0, 0.1) is 5.92 Å². The largest absolute Gasteiger partial charge is 0.497 e. The Hall–Kier alpha value is -1.69. The molecule has 1 heterocycles. The summed E-state index contributed by atoms with van der Waals surface area (Å²) in [5, 5.41) is 2.83. The van der Waals surface area contributed by atoms with Crippen LogP contribution in [0.4, 0.5) is 11.4 Å². The zero-order valence-electron chi connectivity index (χ0n) is 12.3. The molecule has 1 N–H and O–H groups in total. The third-order valence-corrected chi connectivity index (χ3v) is 4.07. The first-order chi connectivity index (χ1) is 10.1. The van der Waals surface area contributed by atoms with E-state index < -0.39 is 0 Å². The summed E-state index contributed by atoms with van der Waals surface area (Å²) in [5.41, 5.74) is 1.32. The number of methoxy groups -OCH3 is 1. The van der Waals surface area contributed by atoms with E-state index in [4.69, 9.17) is 4.74 Å². The Morgan fingerprint density at radius 3 is 2.86 bits per heavy atom. The third-order valence-electron chi connectivity index (χ3n) is 3.55. The summed E-state index contributed by atoms with van der Waals surface area (Å²) in [6.45, 7) is 2.40. The summed E-state index contributed by atoms with van der Waals surface area (Å²) in [6.07, 6.45) is 0.876. The molecule has 5 nitrogen and oxygen atoms in total. The highest BCUT2D eigenvalue weighted by atomic mass is 32.1. The number of hydrogen-bond donors (Lipinski definition) is 2. The van der Waals surface area contributed by atoms with Crippen molar-refractivity contribution in [3.63, 3.8) is 0 Å². The Bertz CT molecular complexity index is 548. The van der Waals surface area contributed by atoms with Gasteiger partial charge in [-0.2, -0.15) is 12.6 Å².